The van der Waals surface area contributed by atoms with Crippen LogP contribution in [0.1, 0.15) is 17.2 Å². The van der Waals surface area contributed by atoms with E-state index in [4.69, 9.17) is 4.74 Å². The minimum Gasteiger partial charge on any atom is -0.508 e. The number of aliphatic hydroxyl groups excluding tert-OH is 1. The van der Waals surface area contributed by atoms with Gasteiger partial charge in [-0.05, 0) is 29.8 Å². The Labute approximate surface area is 188 Å². The van der Waals surface area contributed by atoms with Crippen LogP contribution in [0.5, 0.6) is 5.75 Å². The van der Waals surface area contributed by atoms with Gasteiger partial charge in [0.25, 0.3) is 11.7 Å². The van der Waals surface area contributed by atoms with Crippen LogP contribution in [0.2, 0.25) is 0 Å². The Bertz CT molecular complexity index is 1010. The first-order valence-corrected chi connectivity index (χ1v) is 11.0. The van der Waals surface area contributed by atoms with E-state index < -0.39 is 17.7 Å². The number of halogens is 1. The fourth-order valence-corrected chi connectivity index (χ4v) is 4.37. The number of aliphatic hydroxyl groups is 1. The van der Waals surface area contributed by atoms with E-state index in [0.29, 0.717) is 37.4 Å². The average molecular weight is 488 g/mol. The molecule has 1 atom stereocenters. The third-order valence-corrected chi connectivity index (χ3v) is 6.28. The van der Waals surface area contributed by atoms with Gasteiger partial charge < -0.3 is 24.7 Å². The molecule has 0 spiro atoms. The number of carbonyl (C=O) groups excluding carboxylic acids is 2. The maximum absolute atomic E-state index is 13.0. The highest BCUT2D eigenvalue weighted by Gasteiger charge is 2.46. The Morgan fingerprint density at radius 2 is 1.84 bits per heavy atom. The van der Waals surface area contributed by atoms with Crippen LogP contribution in [0.4, 0.5) is 0 Å². The van der Waals surface area contributed by atoms with Crippen molar-refractivity contribution in [3.63, 3.8) is 0 Å². The average Bonchev–Trinajstić information content (AvgIpc) is 3.03. The maximum atomic E-state index is 13.0. The van der Waals surface area contributed by atoms with E-state index >= 15 is 0 Å². The van der Waals surface area contributed by atoms with Crippen LogP contribution in [-0.4, -0.2) is 66.2 Å². The van der Waals surface area contributed by atoms with Gasteiger partial charge in [-0.25, -0.2) is 0 Å². The van der Waals surface area contributed by atoms with Crippen molar-refractivity contribution in [2.75, 3.05) is 39.4 Å². The Balaban J connectivity index is 1.73. The standard InChI is InChI=1S/C23H23BrN2O5/c24-17-6-4-15(5-7-17)21(28)19-20(16-2-1-3-18(27)14-16)26(23(30)22(19)29)9-8-25-10-12-31-13-11-25/h1-7,14,20,27-28H,8-13H2/p+1/t20-/m0/s1. The Hall–Kier alpha value is -2.68. The highest BCUT2D eigenvalue weighted by Crippen LogP contribution is 2.39. The molecule has 2 fully saturated rings. The van der Waals surface area contributed by atoms with Gasteiger partial charge in [-0.1, -0.05) is 40.2 Å². The van der Waals surface area contributed by atoms with E-state index in [0.717, 1.165) is 17.6 Å². The number of phenols is 1. The molecule has 0 radical (unpaired) electrons. The normalized spacial score (nSPS) is 21.6. The molecule has 0 unspecified atom stereocenters. The number of nitrogens with zero attached hydrogens (tertiary/aromatic N) is 1. The second-order valence-electron chi connectivity index (χ2n) is 7.71. The van der Waals surface area contributed by atoms with E-state index in [1.54, 1.807) is 36.4 Å². The number of carbonyl (C=O) groups is 2. The topological polar surface area (TPSA) is 91.5 Å². The second kappa shape index (κ2) is 9.21. The van der Waals surface area contributed by atoms with Gasteiger partial charge in [0.05, 0.1) is 37.9 Å². The van der Waals surface area contributed by atoms with Crippen LogP contribution < -0.4 is 4.90 Å². The summed E-state index contributed by atoms with van der Waals surface area (Å²) in [4.78, 5) is 28.8. The molecule has 2 aromatic rings. The molecular weight excluding hydrogens is 464 g/mol. The number of benzene rings is 2. The fourth-order valence-electron chi connectivity index (χ4n) is 4.10. The third kappa shape index (κ3) is 4.51. The number of likely N-dealkylation sites (tertiary alicyclic amines) is 1. The van der Waals surface area contributed by atoms with Crippen LogP contribution in [0.3, 0.4) is 0 Å². The van der Waals surface area contributed by atoms with E-state index in [9.17, 15) is 19.8 Å². The number of nitrogens with one attached hydrogen (secondary N) is 1. The van der Waals surface area contributed by atoms with E-state index in [2.05, 4.69) is 15.9 Å². The molecule has 0 aromatic heterocycles. The lowest BCUT2D eigenvalue weighted by Gasteiger charge is -2.29. The first-order chi connectivity index (χ1) is 15.0. The zero-order valence-corrected chi connectivity index (χ0v) is 18.5. The zero-order valence-electron chi connectivity index (χ0n) is 16.9. The Morgan fingerprint density at radius 3 is 2.52 bits per heavy atom. The molecule has 2 aromatic carbocycles. The van der Waals surface area contributed by atoms with Gasteiger partial charge in [0.2, 0.25) is 0 Å². The largest absolute Gasteiger partial charge is 0.508 e. The highest BCUT2D eigenvalue weighted by molar-refractivity contribution is 9.10. The lowest BCUT2D eigenvalue weighted by molar-refractivity contribution is -0.907. The summed E-state index contributed by atoms with van der Waals surface area (Å²) in [5.74, 6) is -1.55. The molecule has 2 heterocycles. The summed E-state index contributed by atoms with van der Waals surface area (Å²) in [5.41, 5.74) is 1.06. The Morgan fingerprint density at radius 1 is 1.13 bits per heavy atom. The van der Waals surface area contributed by atoms with E-state index in [-0.39, 0.29) is 17.1 Å². The molecule has 4 rings (SSSR count). The number of Topliss-reactive ketones (excluding diaryl/α,β-unsaturated/α-hetero) is 1. The summed E-state index contributed by atoms with van der Waals surface area (Å²) in [6, 6.07) is 12.6. The quantitative estimate of drug-likeness (QED) is 0.337. The molecule has 2 aliphatic heterocycles. The molecule has 0 saturated carbocycles. The minimum absolute atomic E-state index is 0.0329. The van der Waals surface area contributed by atoms with E-state index in [1.165, 1.54) is 21.9 Å². The fraction of sp³-hybridized carbons (Fsp3) is 0.304. The van der Waals surface area contributed by atoms with Gasteiger partial charge in [-0.15, -0.1) is 0 Å². The number of amides is 1. The molecule has 7 nitrogen and oxygen atoms in total. The molecular formula is C23H24BrN2O5+. The van der Waals surface area contributed by atoms with Gasteiger partial charge in [-0.3, -0.25) is 9.59 Å². The number of hydrogen-bond acceptors (Lipinski definition) is 5. The second-order valence-corrected chi connectivity index (χ2v) is 8.62. The van der Waals surface area contributed by atoms with Crippen molar-refractivity contribution in [3.8, 4) is 5.75 Å². The highest BCUT2D eigenvalue weighted by atomic mass is 79.9. The molecule has 31 heavy (non-hydrogen) atoms. The van der Waals surface area contributed by atoms with Crippen molar-refractivity contribution >= 4 is 33.4 Å². The van der Waals surface area contributed by atoms with E-state index in [1.807, 2.05) is 0 Å². The maximum Gasteiger partial charge on any atom is 0.295 e. The van der Waals surface area contributed by atoms with Crippen LogP contribution in [0, 0.1) is 0 Å². The number of aromatic hydroxyl groups is 1. The smallest absolute Gasteiger partial charge is 0.295 e. The van der Waals surface area contributed by atoms with Gasteiger partial charge >= 0.3 is 0 Å². The predicted molar refractivity (Wildman–Crippen MR) is 118 cm³/mol. The van der Waals surface area contributed by atoms with Crippen molar-refractivity contribution in [2.24, 2.45) is 0 Å². The zero-order chi connectivity index (χ0) is 22.0. The van der Waals surface area contributed by atoms with Crippen molar-refractivity contribution in [1.82, 2.24) is 4.90 Å². The summed E-state index contributed by atoms with van der Waals surface area (Å²) < 4.78 is 6.23. The molecule has 162 valence electrons. The summed E-state index contributed by atoms with van der Waals surface area (Å²) >= 11 is 3.36. The molecule has 0 aliphatic carbocycles. The number of ketones is 1. The Kier molecular flexibility index (Phi) is 6.41. The van der Waals surface area contributed by atoms with Crippen molar-refractivity contribution < 1.29 is 29.4 Å². The van der Waals surface area contributed by atoms with Gasteiger partial charge in [0.15, 0.2) is 0 Å². The first kappa shape index (κ1) is 21.5. The summed E-state index contributed by atoms with van der Waals surface area (Å²) in [6.07, 6.45) is 0. The van der Waals surface area contributed by atoms with Crippen molar-refractivity contribution in [3.05, 3.63) is 69.7 Å². The lowest BCUT2D eigenvalue weighted by atomic mass is 9.95. The molecule has 8 heteroatoms. The number of hydrogen-bond donors (Lipinski definition) is 3. The number of ether oxygens (including phenoxy) is 1. The van der Waals surface area contributed by atoms with Crippen LogP contribution in [-0.2, 0) is 14.3 Å². The van der Waals surface area contributed by atoms with Crippen LogP contribution in [0.15, 0.2) is 58.6 Å². The van der Waals surface area contributed by atoms with Crippen molar-refractivity contribution in [2.45, 2.75) is 6.04 Å². The van der Waals surface area contributed by atoms with Gasteiger partial charge in [-0.2, -0.15) is 0 Å². The first-order valence-electron chi connectivity index (χ1n) is 10.2. The molecule has 2 saturated heterocycles. The monoisotopic (exact) mass is 487 g/mol. The SMILES string of the molecule is O=C1C(=O)N(CC[NH+]2CCOCC2)[C@@H](c2cccc(O)c2)C1=C(O)c1ccc(Br)cc1. The predicted octanol–water partition coefficient (Wildman–Crippen LogP) is 1.49. The summed E-state index contributed by atoms with van der Waals surface area (Å²) in [7, 11) is 0. The number of rotatable bonds is 5. The van der Waals surface area contributed by atoms with Crippen LogP contribution in [0.25, 0.3) is 5.76 Å². The van der Waals surface area contributed by atoms with Crippen molar-refractivity contribution in [1.29, 1.82) is 0 Å². The summed E-state index contributed by atoms with van der Waals surface area (Å²) in [6.45, 7) is 4.07. The molecule has 0 bridgehead atoms. The van der Waals surface area contributed by atoms with Gasteiger partial charge in [0.1, 0.15) is 24.6 Å². The molecule has 2 aliphatic rings. The van der Waals surface area contributed by atoms with Crippen LogP contribution >= 0.6 is 15.9 Å². The van der Waals surface area contributed by atoms with Gasteiger partial charge in [0, 0.05) is 10.0 Å². The third-order valence-electron chi connectivity index (χ3n) is 5.75. The lowest BCUT2D eigenvalue weighted by Crippen LogP contribution is -3.14. The number of morpholine rings is 1. The molecule has 3 N–H and O–H groups in total. The minimum atomic E-state index is -0.767. The molecule has 1 amide bonds. The summed E-state index contributed by atoms with van der Waals surface area (Å²) in [5, 5.41) is 21.0. The number of phenolic OH excluding ortho intramolecular Hbond substituents is 1. The number of quaternary nitrogens is 1.